The molecule has 0 aliphatic rings. The standard InChI is InChI=1S/C12H19NO/c1-9-6-4-5-7-12(9)11(3)13-10(2)8-14/h4-7,10-11,13-14H,8H2,1-3H3/t10-,11+/m1/s1. The first kappa shape index (κ1) is 11.2. The van der Waals surface area contributed by atoms with Crippen molar-refractivity contribution in [3.05, 3.63) is 35.4 Å². The van der Waals surface area contributed by atoms with Crippen LogP contribution in [0.25, 0.3) is 0 Å². The number of rotatable bonds is 4. The summed E-state index contributed by atoms with van der Waals surface area (Å²) >= 11 is 0. The molecular formula is C12H19NO. The third-order valence-electron chi connectivity index (χ3n) is 2.46. The van der Waals surface area contributed by atoms with Gasteiger partial charge in [0.05, 0.1) is 6.61 Å². The number of nitrogens with one attached hydrogen (secondary N) is 1. The zero-order valence-corrected chi connectivity index (χ0v) is 9.12. The van der Waals surface area contributed by atoms with Crippen molar-refractivity contribution in [1.82, 2.24) is 5.32 Å². The van der Waals surface area contributed by atoms with E-state index < -0.39 is 0 Å². The number of hydrogen-bond donors (Lipinski definition) is 2. The Bertz CT molecular complexity index is 285. The van der Waals surface area contributed by atoms with Gasteiger partial charge in [0, 0.05) is 12.1 Å². The van der Waals surface area contributed by atoms with Crippen molar-refractivity contribution in [3.8, 4) is 0 Å². The van der Waals surface area contributed by atoms with Crippen molar-refractivity contribution in [1.29, 1.82) is 0 Å². The van der Waals surface area contributed by atoms with Gasteiger partial charge in [-0.15, -0.1) is 0 Å². The Hall–Kier alpha value is -0.860. The number of aryl methyl sites for hydroxylation is 1. The molecule has 0 bridgehead atoms. The Morgan fingerprint density at radius 2 is 1.93 bits per heavy atom. The fourth-order valence-electron chi connectivity index (χ4n) is 1.64. The first-order chi connectivity index (χ1) is 6.65. The maximum atomic E-state index is 8.94. The number of benzene rings is 1. The average Bonchev–Trinajstić information content (AvgIpc) is 2.18. The van der Waals surface area contributed by atoms with E-state index in [0.717, 1.165) is 0 Å². The second kappa shape index (κ2) is 5.13. The van der Waals surface area contributed by atoms with Crippen molar-refractivity contribution in [3.63, 3.8) is 0 Å². The Morgan fingerprint density at radius 3 is 2.50 bits per heavy atom. The highest BCUT2D eigenvalue weighted by atomic mass is 16.3. The van der Waals surface area contributed by atoms with E-state index in [1.54, 1.807) is 0 Å². The molecule has 0 saturated heterocycles. The minimum atomic E-state index is 0.143. The molecule has 0 fully saturated rings. The zero-order chi connectivity index (χ0) is 10.6. The van der Waals surface area contributed by atoms with Crippen molar-refractivity contribution >= 4 is 0 Å². The first-order valence-corrected chi connectivity index (χ1v) is 5.07. The van der Waals surface area contributed by atoms with Crippen molar-refractivity contribution in [2.45, 2.75) is 32.9 Å². The van der Waals surface area contributed by atoms with Gasteiger partial charge >= 0.3 is 0 Å². The average molecular weight is 193 g/mol. The molecule has 0 unspecified atom stereocenters. The van der Waals surface area contributed by atoms with Gasteiger partial charge in [-0.3, -0.25) is 0 Å². The molecule has 14 heavy (non-hydrogen) atoms. The molecule has 0 aliphatic carbocycles. The third kappa shape index (κ3) is 2.82. The van der Waals surface area contributed by atoms with Gasteiger partial charge in [-0.1, -0.05) is 24.3 Å². The molecule has 0 amide bonds. The lowest BCUT2D eigenvalue weighted by atomic mass is 10.0. The van der Waals surface area contributed by atoms with E-state index in [-0.39, 0.29) is 12.6 Å². The molecule has 2 heteroatoms. The lowest BCUT2D eigenvalue weighted by Gasteiger charge is -2.20. The van der Waals surface area contributed by atoms with E-state index in [1.807, 2.05) is 19.1 Å². The van der Waals surface area contributed by atoms with Gasteiger partial charge in [0.2, 0.25) is 0 Å². The van der Waals surface area contributed by atoms with Crippen LogP contribution in [0, 0.1) is 6.92 Å². The highest BCUT2D eigenvalue weighted by molar-refractivity contribution is 5.28. The summed E-state index contributed by atoms with van der Waals surface area (Å²) in [7, 11) is 0. The molecule has 2 nitrogen and oxygen atoms in total. The molecule has 0 radical (unpaired) electrons. The maximum Gasteiger partial charge on any atom is 0.0582 e. The smallest absolute Gasteiger partial charge is 0.0582 e. The largest absolute Gasteiger partial charge is 0.395 e. The summed E-state index contributed by atoms with van der Waals surface area (Å²) < 4.78 is 0. The number of aliphatic hydroxyl groups is 1. The molecule has 78 valence electrons. The highest BCUT2D eigenvalue weighted by Crippen LogP contribution is 2.16. The number of hydrogen-bond acceptors (Lipinski definition) is 2. The monoisotopic (exact) mass is 193 g/mol. The van der Waals surface area contributed by atoms with Crippen molar-refractivity contribution < 1.29 is 5.11 Å². The van der Waals surface area contributed by atoms with Gasteiger partial charge in [-0.2, -0.15) is 0 Å². The second-order valence-electron chi connectivity index (χ2n) is 3.83. The van der Waals surface area contributed by atoms with Crippen LogP contribution in [0.1, 0.15) is 31.0 Å². The zero-order valence-electron chi connectivity index (χ0n) is 9.12. The van der Waals surface area contributed by atoms with Crippen LogP contribution in [0.2, 0.25) is 0 Å². The summed E-state index contributed by atoms with van der Waals surface area (Å²) in [5.41, 5.74) is 2.59. The lowest BCUT2D eigenvalue weighted by molar-refractivity contribution is 0.243. The summed E-state index contributed by atoms with van der Waals surface area (Å²) in [4.78, 5) is 0. The molecular weight excluding hydrogens is 174 g/mol. The highest BCUT2D eigenvalue weighted by Gasteiger charge is 2.09. The Balaban J connectivity index is 2.69. The topological polar surface area (TPSA) is 32.3 Å². The Kier molecular flexibility index (Phi) is 4.11. The summed E-state index contributed by atoms with van der Waals surface area (Å²) in [5.74, 6) is 0. The van der Waals surface area contributed by atoms with E-state index in [9.17, 15) is 0 Å². The summed E-state index contributed by atoms with van der Waals surface area (Å²) in [6.45, 7) is 6.39. The van der Waals surface area contributed by atoms with E-state index in [4.69, 9.17) is 5.11 Å². The maximum absolute atomic E-state index is 8.94. The summed E-state index contributed by atoms with van der Waals surface area (Å²) in [6, 6.07) is 8.75. The normalized spacial score (nSPS) is 15.1. The van der Waals surface area contributed by atoms with Crippen LogP contribution in [-0.2, 0) is 0 Å². The van der Waals surface area contributed by atoms with E-state index in [0.29, 0.717) is 6.04 Å². The Morgan fingerprint density at radius 1 is 1.29 bits per heavy atom. The predicted molar refractivity (Wildman–Crippen MR) is 59.3 cm³/mol. The predicted octanol–water partition coefficient (Wildman–Crippen LogP) is 2.03. The molecule has 1 aromatic carbocycles. The van der Waals surface area contributed by atoms with Gasteiger partial charge in [-0.05, 0) is 31.9 Å². The SMILES string of the molecule is Cc1ccccc1[C@H](C)N[C@H](C)CO. The second-order valence-corrected chi connectivity index (χ2v) is 3.83. The van der Waals surface area contributed by atoms with Gasteiger partial charge in [0.1, 0.15) is 0 Å². The summed E-state index contributed by atoms with van der Waals surface area (Å²) in [6.07, 6.45) is 0. The molecule has 0 aromatic heterocycles. The molecule has 1 rings (SSSR count). The van der Waals surface area contributed by atoms with Crippen molar-refractivity contribution in [2.24, 2.45) is 0 Å². The quantitative estimate of drug-likeness (QED) is 0.767. The molecule has 0 heterocycles. The van der Waals surface area contributed by atoms with E-state index in [2.05, 4.69) is 31.3 Å². The summed E-state index contributed by atoms with van der Waals surface area (Å²) in [5, 5.41) is 12.3. The van der Waals surface area contributed by atoms with Gasteiger partial charge in [0.15, 0.2) is 0 Å². The van der Waals surface area contributed by atoms with Crippen LogP contribution in [0.15, 0.2) is 24.3 Å². The lowest BCUT2D eigenvalue weighted by Crippen LogP contribution is -2.32. The minimum Gasteiger partial charge on any atom is -0.395 e. The molecule has 2 N–H and O–H groups in total. The van der Waals surface area contributed by atoms with Crippen LogP contribution in [0.4, 0.5) is 0 Å². The van der Waals surface area contributed by atoms with Crippen molar-refractivity contribution in [2.75, 3.05) is 6.61 Å². The van der Waals surface area contributed by atoms with Crippen LogP contribution in [-0.4, -0.2) is 17.8 Å². The first-order valence-electron chi connectivity index (χ1n) is 5.07. The Labute approximate surface area is 86.0 Å². The van der Waals surface area contributed by atoms with Gasteiger partial charge < -0.3 is 10.4 Å². The molecule has 2 atom stereocenters. The van der Waals surface area contributed by atoms with E-state index in [1.165, 1.54) is 11.1 Å². The van der Waals surface area contributed by atoms with Gasteiger partial charge in [-0.25, -0.2) is 0 Å². The minimum absolute atomic E-state index is 0.143. The van der Waals surface area contributed by atoms with Crippen LogP contribution < -0.4 is 5.32 Å². The molecule has 0 spiro atoms. The van der Waals surface area contributed by atoms with E-state index >= 15 is 0 Å². The van der Waals surface area contributed by atoms with Crippen LogP contribution in [0.5, 0.6) is 0 Å². The third-order valence-corrected chi connectivity index (χ3v) is 2.46. The fourth-order valence-corrected chi connectivity index (χ4v) is 1.64. The molecule has 0 aliphatic heterocycles. The molecule has 0 saturated carbocycles. The fraction of sp³-hybridized carbons (Fsp3) is 0.500. The van der Waals surface area contributed by atoms with Crippen LogP contribution in [0.3, 0.4) is 0 Å². The van der Waals surface area contributed by atoms with Gasteiger partial charge in [0.25, 0.3) is 0 Å². The van der Waals surface area contributed by atoms with Crippen LogP contribution >= 0.6 is 0 Å². The number of aliphatic hydroxyl groups excluding tert-OH is 1. The molecule has 1 aromatic rings.